The van der Waals surface area contributed by atoms with Crippen molar-refractivity contribution < 1.29 is 23.4 Å². The number of aromatic nitrogens is 1. The normalized spacial score (nSPS) is 13.2. The fourth-order valence-corrected chi connectivity index (χ4v) is 1.34. The van der Waals surface area contributed by atoms with Crippen molar-refractivity contribution >= 4 is 11.6 Å². The largest absolute Gasteiger partial charge is 0.416 e. The van der Waals surface area contributed by atoms with Crippen LogP contribution < -0.4 is 10.6 Å². The lowest BCUT2D eigenvalue weighted by Crippen LogP contribution is -2.23. The maximum atomic E-state index is 12.7. The smallest absolute Gasteiger partial charge is 0.394 e. The van der Waals surface area contributed by atoms with Crippen molar-refractivity contribution in [1.82, 2.24) is 4.98 Å². The number of aliphatic hydroxyl groups excluding tert-OH is 2. The maximum absolute atomic E-state index is 12.7. The van der Waals surface area contributed by atoms with Crippen LogP contribution >= 0.6 is 0 Å². The molecule has 1 rings (SSSR count). The molecule has 0 radical (unpaired) electrons. The Kier molecular flexibility index (Phi) is 5.37. The molecule has 5 nitrogen and oxygen atoms in total. The van der Waals surface area contributed by atoms with E-state index in [0.717, 1.165) is 12.1 Å². The van der Waals surface area contributed by atoms with Crippen LogP contribution in [0.2, 0.25) is 0 Å². The lowest BCUT2D eigenvalue weighted by molar-refractivity contribution is -0.137. The van der Waals surface area contributed by atoms with Crippen LogP contribution in [-0.2, 0) is 6.18 Å². The first kappa shape index (κ1) is 15.5. The van der Waals surface area contributed by atoms with E-state index in [-0.39, 0.29) is 18.2 Å². The van der Waals surface area contributed by atoms with Gasteiger partial charge in [-0.2, -0.15) is 13.2 Å². The second kappa shape index (κ2) is 6.58. The zero-order chi connectivity index (χ0) is 14.5. The van der Waals surface area contributed by atoms with E-state index in [4.69, 9.17) is 10.2 Å². The summed E-state index contributed by atoms with van der Waals surface area (Å²) in [6.07, 6.45) is -5.53. The van der Waals surface area contributed by atoms with Crippen LogP contribution in [0.3, 0.4) is 0 Å². The molecule has 1 unspecified atom stereocenters. The highest BCUT2D eigenvalue weighted by Gasteiger charge is 2.31. The highest BCUT2D eigenvalue weighted by molar-refractivity contribution is 5.49. The molecule has 0 spiro atoms. The number of halogens is 3. The molecule has 0 fully saturated rings. The molecular weight excluding hydrogens is 263 g/mol. The van der Waals surface area contributed by atoms with E-state index in [1.165, 1.54) is 0 Å². The van der Waals surface area contributed by atoms with Gasteiger partial charge in [0.1, 0.15) is 11.6 Å². The molecule has 1 aromatic rings. The standard InChI is InChI=1S/C11H16F3N3O2/c1-2-15-9-3-7(11(12,13)14)4-10(17-9)16-5-8(19)6-18/h3-4,8,18-19H,2,5-6H2,1H3,(H2,15,16,17). The number of aliphatic hydroxyl groups is 2. The molecule has 0 aliphatic rings. The van der Waals surface area contributed by atoms with Crippen molar-refractivity contribution in [3.63, 3.8) is 0 Å². The quantitative estimate of drug-likeness (QED) is 0.631. The van der Waals surface area contributed by atoms with Gasteiger partial charge in [0, 0.05) is 13.1 Å². The number of nitrogens with zero attached hydrogens (tertiary/aromatic N) is 1. The van der Waals surface area contributed by atoms with Gasteiger partial charge in [0.15, 0.2) is 0 Å². The number of alkyl halides is 3. The summed E-state index contributed by atoms with van der Waals surface area (Å²) in [5, 5.41) is 23.0. The molecule has 0 aliphatic heterocycles. The SMILES string of the molecule is CCNc1cc(C(F)(F)F)cc(NCC(O)CO)n1. The molecular formula is C11H16F3N3O2. The Labute approximate surface area is 108 Å². The summed E-state index contributed by atoms with van der Waals surface area (Å²) in [5.41, 5.74) is -0.834. The average Bonchev–Trinajstić information content (AvgIpc) is 2.35. The lowest BCUT2D eigenvalue weighted by Gasteiger charge is -2.14. The van der Waals surface area contributed by atoms with Gasteiger partial charge in [-0.15, -0.1) is 0 Å². The van der Waals surface area contributed by atoms with Gasteiger partial charge < -0.3 is 20.8 Å². The van der Waals surface area contributed by atoms with Crippen molar-refractivity contribution in [2.24, 2.45) is 0 Å². The van der Waals surface area contributed by atoms with Crippen LogP contribution in [0.1, 0.15) is 12.5 Å². The fraction of sp³-hybridized carbons (Fsp3) is 0.545. The third-order valence-corrected chi connectivity index (χ3v) is 2.24. The molecule has 19 heavy (non-hydrogen) atoms. The molecule has 0 amide bonds. The molecule has 8 heteroatoms. The second-order valence-electron chi connectivity index (χ2n) is 3.87. The van der Waals surface area contributed by atoms with E-state index in [1.807, 2.05) is 0 Å². The Morgan fingerprint density at radius 3 is 2.32 bits per heavy atom. The average molecular weight is 279 g/mol. The summed E-state index contributed by atoms with van der Waals surface area (Å²) in [7, 11) is 0. The van der Waals surface area contributed by atoms with E-state index < -0.39 is 24.5 Å². The third kappa shape index (κ3) is 4.92. The molecule has 1 heterocycles. The third-order valence-electron chi connectivity index (χ3n) is 2.24. The Morgan fingerprint density at radius 2 is 1.84 bits per heavy atom. The molecule has 0 aliphatic carbocycles. The van der Waals surface area contributed by atoms with Crippen LogP contribution in [0.5, 0.6) is 0 Å². The zero-order valence-electron chi connectivity index (χ0n) is 10.3. The summed E-state index contributed by atoms with van der Waals surface area (Å²) >= 11 is 0. The molecule has 0 bridgehead atoms. The number of rotatable bonds is 6. The summed E-state index contributed by atoms with van der Waals surface area (Å²) in [6, 6.07) is 1.77. The molecule has 0 saturated carbocycles. The van der Waals surface area contributed by atoms with Crippen LogP contribution in [0.4, 0.5) is 24.8 Å². The van der Waals surface area contributed by atoms with Crippen LogP contribution in [-0.4, -0.2) is 41.0 Å². The first-order valence-electron chi connectivity index (χ1n) is 5.72. The predicted molar refractivity (Wildman–Crippen MR) is 65.0 cm³/mol. The summed E-state index contributed by atoms with van der Waals surface area (Å²) in [5.74, 6) is 0.0802. The summed E-state index contributed by atoms with van der Waals surface area (Å²) in [6.45, 7) is 1.61. The first-order chi connectivity index (χ1) is 8.86. The van der Waals surface area contributed by atoms with Crippen LogP contribution in [0.15, 0.2) is 12.1 Å². The van der Waals surface area contributed by atoms with E-state index in [2.05, 4.69) is 15.6 Å². The predicted octanol–water partition coefficient (Wildman–Crippen LogP) is 1.30. The Bertz CT molecular complexity index is 413. The first-order valence-corrected chi connectivity index (χ1v) is 5.72. The molecule has 1 atom stereocenters. The van der Waals surface area contributed by atoms with Crippen LogP contribution in [0.25, 0.3) is 0 Å². The van der Waals surface area contributed by atoms with Gasteiger partial charge in [-0.1, -0.05) is 0 Å². The molecule has 0 saturated heterocycles. The van der Waals surface area contributed by atoms with E-state index >= 15 is 0 Å². The van der Waals surface area contributed by atoms with Gasteiger partial charge in [-0.05, 0) is 19.1 Å². The minimum absolute atomic E-state index is 0.0155. The van der Waals surface area contributed by atoms with Gasteiger partial charge in [0.2, 0.25) is 0 Å². The maximum Gasteiger partial charge on any atom is 0.416 e. The van der Waals surface area contributed by atoms with Gasteiger partial charge in [-0.25, -0.2) is 4.98 Å². The van der Waals surface area contributed by atoms with E-state index in [0.29, 0.717) is 6.54 Å². The minimum Gasteiger partial charge on any atom is -0.394 e. The Hall–Kier alpha value is -1.54. The van der Waals surface area contributed by atoms with Gasteiger partial charge in [0.25, 0.3) is 0 Å². The van der Waals surface area contributed by atoms with Crippen molar-refractivity contribution in [3.8, 4) is 0 Å². The highest BCUT2D eigenvalue weighted by Crippen LogP contribution is 2.31. The highest BCUT2D eigenvalue weighted by atomic mass is 19.4. The summed E-state index contributed by atoms with van der Waals surface area (Å²) < 4.78 is 38.0. The number of hydrogen-bond donors (Lipinski definition) is 4. The second-order valence-corrected chi connectivity index (χ2v) is 3.87. The minimum atomic E-state index is -4.47. The lowest BCUT2D eigenvalue weighted by atomic mass is 10.2. The zero-order valence-corrected chi connectivity index (χ0v) is 10.3. The molecule has 108 valence electrons. The van der Waals surface area contributed by atoms with Gasteiger partial charge >= 0.3 is 6.18 Å². The number of nitrogens with one attached hydrogen (secondary N) is 2. The van der Waals surface area contributed by atoms with E-state index in [1.54, 1.807) is 6.92 Å². The van der Waals surface area contributed by atoms with Crippen molar-refractivity contribution in [1.29, 1.82) is 0 Å². The summed E-state index contributed by atoms with van der Waals surface area (Å²) in [4.78, 5) is 3.93. The number of pyridine rings is 1. The molecule has 1 aromatic heterocycles. The molecule has 0 aromatic carbocycles. The topological polar surface area (TPSA) is 77.4 Å². The van der Waals surface area contributed by atoms with Crippen LogP contribution in [0, 0.1) is 0 Å². The Balaban J connectivity index is 2.93. The monoisotopic (exact) mass is 279 g/mol. The van der Waals surface area contributed by atoms with Gasteiger partial charge in [0.05, 0.1) is 18.3 Å². The van der Waals surface area contributed by atoms with Crippen molar-refractivity contribution in [3.05, 3.63) is 17.7 Å². The fourth-order valence-electron chi connectivity index (χ4n) is 1.34. The number of anilines is 2. The van der Waals surface area contributed by atoms with Crippen molar-refractivity contribution in [2.45, 2.75) is 19.2 Å². The molecule has 4 N–H and O–H groups in total. The van der Waals surface area contributed by atoms with Gasteiger partial charge in [-0.3, -0.25) is 0 Å². The van der Waals surface area contributed by atoms with E-state index in [9.17, 15) is 13.2 Å². The van der Waals surface area contributed by atoms with Crippen molar-refractivity contribution in [2.75, 3.05) is 30.3 Å². The Morgan fingerprint density at radius 1 is 1.26 bits per heavy atom. The number of hydrogen-bond acceptors (Lipinski definition) is 5.